The number of anilines is 1. The SMILES string of the molecule is C=CCCC1CNCc2c(ccc(C(F)(F)F)c2OC)N1. The molecule has 1 atom stereocenters. The standard InChI is InChI=1S/C15H19F3N2O/c1-3-4-5-10-8-19-9-11-13(20-10)7-6-12(14(11)21-2)15(16,17)18/h3,6-7,10,19-20H,1,4-5,8-9H2,2H3. The van der Waals surface area contributed by atoms with E-state index in [1.165, 1.54) is 13.2 Å². The third-order valence-corrected chi connectivity index (χ3v) is 3.54. The number of methoxy groups -OCH3 is 1. The Balaban J connectivity index is 2.35. The lowest BCUT2D eigenvalue weighted by molar-refractivity contribution is -0.138. The molecule has 2 rings (SSSR count). The summed E-state index contributed by atoms with van der Waals surface area (Å²) >= 11 is 0. The van der Waals surface area contributed by atoms with Crippen molar-refractivity contribution in [2.75, 3.05) is 19.0 Å². The Morgan fingerprint density at radius 1 is 1.43 bits per heavy atom. The van der Waals surface area contributed by atoms with Crippen LogP contribution in [0.4, 0.5) is 18.9 Å². The second-order valence-electron chi connectivity index (χ2n) is 5.01. The van der Waals surface area contributed by atoms with E-state index in [4.69, 9.17) is 4.74 Å². The number of rotatable bonds is 4. The number of hydrogen-bond donors (Lipinski definition) is 2. The number of halogens is 3. The number of ether oxygens (including phenoxy) is 1. The average molecular weight is 300 g/mol. The summed E-state index contributed by atoms with van der Waals surface area (Å²) in [6.07, 6.45) is -0.860. The Morgan fingerprint density at radius 2 is 2.19 bits per heavy atom. The molecule has 0 saturated heterocycles. The molecule has 0 saturated carbocycles. The maximum Gasteiger partial charge on any atom is 0.419 e. The summed E-state index contributed by atoms with van der Waals surface area (Å²) in [7, 11) is 1.27. The highest BCUT2D eigenvalue weighted by molar-refractivity contribution is 5.62. The zero-order chi connectivity index (χ0) is 15.5. The van der Waals surface area contributed by atoms with Crippen LogP contribution in [-0.4, -0.2) is 19.7 Å². The smallest absolute Gasteiger partial charge is 0.419 e. The van der Waals surface area contributed by atoms with Crippen LogP contribution in [0.3, 0.4) is 0 Å². The van der Waals surface area contributed by atoms with E-state index >= 15 is 0 Å². The Morgan fingerprint density at radius 3 is 2.81 bits per heavy atom. The zero-order valence-electron chi connectivity index (χ0n) is 11.9. The molecule has 21 heavy (non-hydrogen) atoms. The van der Waals surface area contributed by atoms with E-state index < -0.39 is 11.7 Å². The molecular weight excluding hydrogens is 281 g/mol. The average Bonchev–Trinajstić information content (AvgIpc) is 2.64. The van der Waals surface area contributed by atoms with Gasteiger partial charge in [-0.3, -0.25) is 0 Å². The van der Waals surface area contributed by atoms with Crippen LogP contribution >= 0.6 is 0 Å². The van der Waals surface area contributed by atoms with E-state index in [0.717, 1.165) is 18.9 Å². The van der Waals surface area contributed by atoms with Crippen LogP contribution < -0.4 is 15.4 Å². The van der Waals surface area contributed by atoms with Gasteiger partial charge in [-0.2, -0.15) is 13.2 Å². The van der Waals surface area contributed by atoms with Crippen molar-refractivity contribution in [1.82, 2.24) is 5.32 Å². The molecule has 0 radical (unpaired) electrons. The van der Waals surface area contributed by atoms with Gasteiger partial charge in [-0.05, 0) is 25.0 Å². The molecular formula is C15H19F3N2O. The van der Waals surface area contributed by atoms with Crippen LogP contribution in [0.25, 0.3) is 0 Å². The van der Waals surface area contributed by atoms with Crippen molar-refractivity contribution in [1.29, 1.82) is 0 Å². The molecule has 1 aromatic rings. The first-order valence-corrected chi connectivity index (χ1v) is 6.82. The van der Waals surface area contributed by atoms with Crippen molar-refractivity contribution >= 4 is 5.69 Å². The number of nitrogens with one attached hydrogen (secondary N) is 2. The number of allylic oxidation sites excluding steroid dienone is 1. The molecule has 3 nitrogen and oxygen atoms in total. The topological polar surface area (TPSA) is 33.3 Å². The molecule has 6 heteroatoms. The first kappa shape index (κ1) is 15.7. The Bertz CT molecular complexity index is 514. The Kier molecular flexibility index (Phi) is 4.77. The molecule has 0 aromatic heterocycles. The molecule has 0 spiro atoms. The molecule has 1 aromatic carbocycles. The highest BCUT2D eigenvalue weighted by atomic mass is 19.4. The number of benzene rings is 1. The van der Waals surface area contributed by atoms with E-state index in [0.29, 0.717) is 24.3 Å². The van der Waals surface area contributed by atoms with Crippen molar-refractivity contribution in [3.8, 4) is 5.75 Å². The fourth-order valence-electron chi connectivity index (χ4n) is 2.53. The highest BCUT2D eigenvalue weighted by Gasteiger charge is 2.36. The molecule has 1 heterocycles. The normalized spacial score (nSPS) is 18.4. The van der Waals surface area contributed by atoms with Crippen molar-refractivity contribution in [3.63, 3.8) is 0 Å². The number of hydrogen-bond acceptors (Lipinski definition) is 3. The van der Waals surface area contributed by atoms with Gasteiger partial charge in [0.1, 0.15) is 5.75 Å². The monoisotopic (exact) mass is 300 g/mol. The van der Waals surface area contributed by atoms with Gasteiger partial charge in [0.2, 0.25) is 0 Å². The van der Waals surface area contributed by atoms with Crippen LogP contribution in [0.1, 0.15) is 24.0 Å². The first-order valence-electron chi connectivity index (χ1n) is 6.82. The van der Waals surface area contributed by atoms with Gasteiger partial charge in [0.25, 0.3) is 0 Å². The van der Waals surface area contributed by atoms with Gasteiger partial charge in [-0.25, -0.2) is 0 Å². The van der Waals surface area contributed by atoms with Crippen LogP contribution in [0.15, 0.2) is 24.8 Å². The van der Waals surface area contributed by atoms with Gasteiger partial charge in [0.15, 0.2) is 0 Å². The lowest BCUT2D eigenvalue weighted by Gasteiger charge is -2.20. The lowest BCUT2D eigenvalue weighted by atomic mass is 10.1. The molecule has 0 fully saturated rings. The minimum absolute atomic E-state index is 0.107. The summed E-state index contributed by atoms with van der Waals surface area (Å²) < 4.78 is 44.1. The van der Waals surface area contributed by atoms with Gasteiger partial charge in [-0.15, -0.1) is 6.58 Å². The maximum atomic E-state index is 13.0. The molecule has 0 amide bonds. The van der Waals surface area contributed by atoms with Crippen LogP contribution in [0, 0.1) is 0 Å². The molecule has 1 unspecified atom stereocenters. The Hall–Kier alpha value is -1.69. The second kappa shape index (κ2) is 6.39. The maximum absolute atomic E-state index is 13.0. The molecule has 1 aliphatic heterocycles. The zero-order valence-corrected chi connectivity index (χ0v) is 11.9. The van der Waals surface area contributed by atoms with Crippen LogP contribution in [0.2, 0.25) is 0 Å². The predicted octanol–water partition coefficient (Wildman–Crippen LogP) is 3.56. The summed E-state index contributed by atoms with van der Waals surface area (Å²) in [5, 5.41) is 6.46. The Labute approximate surface area is 122 Å². The van der Waals surface area contributed by atoms with E-state index in [2.05, 4.69) is 17.2 Å². The van der Waals surface area contributed by atoms with Crippen molar-refractivity contribution in [3.05, 3.63) is 35.9 Å². The van der Waals surface area contributed by atoms with Gasteiger partial charge >= 0.3 is 6.18 Å². The van der Waals surface area contributed by atoms with Gasteiger partial charge in [-0.1, -0.05) is 6.08 Å². The van der Waals surface area contributed by atoms with Gasteiger partial charge < -0.3 is 15.4 Å². The van der Waals surface area contributed by atoms with E-state index in [1.54, 1.807) is 0 Å². The lowest BCUT2D eigenvalue weighted by Crippen LogP contribution is -2.29. The van der Waals surface area contributed by atoms with Gasteiger partial charge in [0.05, 0.1) is 12.7 Å². The van der Waals surface area contributed by atoms with E-state index in [-0.39, 0.29) is 11.8 Å². The van der Waals surface area contributed by atoms with Crippen molar-refractivity contribution in [2.45, 2.75) is 31.6 Å². The highest BCUT2D eigenvalue weighted by Crippen LogP contribution is 2.41. The minimum atomic E-state index is -4.42. The summed E-state index contributed by atoms with van der Waals surface area (Å²) in [5.74, 6) is -0.107. The third kappa shape index (κ3) is 3.50. The molecule has 0 aliphatic carbocycles. The summed E-state index contributed by atoms with van der Waals surface area (Å²) in [6.45, 7) is 4.72. The van der Waals surface area contributed by atoms with E-state index in [1.807, 2.05) is 6.08 Å². The second-order valence-corrected chi connectivity index (χ2v) is 5.01. The minimum Gasteiger partial charge on any atom is -0.496 e. The summed E-state index contributed by atoms with van der Waals surface area (Å²) in [6, 6.07) is 2.71. The summed E-state index contributed by atoms with van der Waals surface area (Å²) in [5.41, 5.74) is 0.476. The first-order chi connectivity index (χ1) is 9.97. The number of alkyl halides is 3. The molecule has 1 aliphatic rings. The van der Waals surface area contributed by atoms with E-state index in [9.17, 15) is 13.2 Å². The van der Waals surface area contributed by atoms with Crippen molar-refractivity contribution in [2.24, 2.45) is 0 Å². The summed E-state index contributed by atoms with van der Waals surface area (Å²) in [4.78, 5) is 0. The fourth-order valence-corrected chi connectivity index (χ4v) is 2.53. The third-order valence-electron chi connectivity index (χ3n) is 3.54. The van der Waals surface area contributed by atoms with Gasteiger partial charge in [0, 0.05) is 30.4 Å². The quantitative estimate of drug-likeness (QED) is 0.834. The van der Waals surface area contributed by atoms with Crippen LogP contribution in [0.5, 0.6) is 5.75 Å². The number of fused-ring (bicyclic) bond motifs is 1. The molecule has 0 bridgehead atoms. The molecule has 2 N–H and O–H groups in total. The van der Waals surface area contributed by atoms with Crippen molar-refractivity contribution < 1.29 is 17.9 Å². The predicted molar refractivity (Wildman–Crippen MR) is 76.5 cm³/mol. The van der Waals surface area contributed by atoms with Crippen LogP contribution in [-0.2, 0) is 12.7 Å². The largest absolute Gasteiger partial charge is 0.496 e. The fraction of sp³-hybridized carbons (Fsp3) is 0.467. The molecule has 116 valence electrons.